The van der Waals surface area contributed by atoms with Crippen molar-refractivity contribution >= 4 is 23.2 Å². The normalized spacial score (nSPS) is 15.0. The number of benzene rings is 1. The van der Waals surface area contributed by atoms with Crippen LogP contribution in [0.5, 0.6) is 0 Å². The Hall–Kier alpha value is -0.280. The van der Waals surface area contributed by atoms with E-state index in [0.717, 1.165) is 18.4 Å². The molecule has 4 heteroatoms. The lowest BCUT2D eigenvalue weighted by molar-refractivity contribution is 0.555. The molecule has 15 heavy (non-hydrogen) atoms. The van der Waals surface area contributed by atoms with E-state index in [-0.39, 0.29) is 12.1 Å². The van der Waals surface area contributed by atoms with Crippen molar-refractivity contribution in [3.05, 3.63) is 33.8 Å². The molecule has 0 heterocycles. The van der Waals surface area contributed by atoms with Crippen molar-refractivity contribution in [1.29, 1.82) is 0 Å². The van der Waals surface area contributed by atoms with Crippen molar-refractivity contribution in [2.75, 3.05) is 0 Å². The summed E-state index contributed by atoms with van der Waals surface area (Å²) >= 11 is 11.8. The van der Waals surface area contributed by atoms with Crippen LogP contribution in [0.4, 0.5) is 0 Å². The average molecular weight is 247 g/mol. The average Bonchev–Trinajstić information content (AvgIpc) is 2.14. The molecule has 0 amide bonds. The standard InChI is InChI=1S/C11H16Cl2N2/c1-7(14)2-5-11(15)9-4-3-8(12)6-10(9)13/h3-4,6-7,11H,2,5,14-15H2,1H3. The molecule has 0 saturated carbocycles. The lowest BCUT2D eigenvalue weighted by Gasteiger charge is -2.15. The van der Waals surface area contributed by atoms with Crippen LogP contribution in [0.25, 0.3) is 0 Å². The van der Waals surface area contributed by atoms with Gasteiger partial charge >= 0.3 is 0 Å². The highest BCUT2D eigenvalue weighted by Crippen LogP contribution is 2.27. The van der Waals surface area contributed by atoms with Gasteiger partial charge in [0.15, 0.2) is 0 Å². The summed E-state index contributed by atoms with van der Waals surface area (Å²) in [5.41, 5.74) is 12.6. The SMILES string of the molecule is CC(N)CCC(N)c1ccc(Cl)cc1Cl. The van der Waals surface area contributed by atoms with Gasteiger partial charge in [0.1, 0.15) is 0 Å². The van der Waals surface area contributed by atoms with Crippen LogP contribution in [0.1, 0.15) is 31.4 Å². The Bertz CT molecular complexity index is 326. The van der Waals surface area contributed by atoms with Crippen molar-refractivity contribution in [1.82, 2.24) is 0 Å². The largest absolute Gasteiger partial charge is 0.328 e. The van der Waals surface area contributed by atoms with Gasteiger partial charge in [-0.3, -0.25) is 0 Å². The van der Waals surface area contributed by atoms with Crippen LogP contribution in [0, 0.1) is 0 Å². The number of rotatable bonds is 4. The molecule has 0 aliphatic heterocycles. The molecule has 4 N–H and O–H groups in total. The first-order valence-electron chi connectivity index (χ1n) is 4.97. The molecule has 84 valence electrons. The Morgan fingerprint density at radius 3 is 2.40 bits per heavy atom. The van der Waals surface area contributed by atoms with Gasteiger partial charge in [0.2, 0.25) is 0 Å². The molecule has 2 nitrogen and oxygen atoms in total. The number of hydrogen-bond acceptors (Lipinski definition) is 2. The van der Waals surface area contributed by atoms with Gasteiger partial charge in [0.25, 0.3) is 0 Å². The quantitative estimate of drug-likeness (QED) is 0.858. The van der Waals surface area contributed by atoms with E-state index < -0.39 is 0 Å². The molecule has 1 rings (SSSR count). The molecule has 0 aromatic heterocycles. The summed E-state index contributed by atoms with van der Waals surface area (Å²) in [7, 11) is 0. The molecular formula is C11H16Cl2N2. The smallest absolute Gasteiger partial charge is 0.0468 e. The lowest BCUT2D eigenvalue weighted by atomic mass is 10.0. The maximum absolute atomic E-state index is 6.04. The maximum Gasteiger partial charge on any atom is 0.0468 e. The third kappa shape index (κ3) is 3.99. The summed E-state index contributed by atoms with van der Waals surface area (Å²) in [6.45, 7) is 1.97. The molecule has 1 aromatic carbocycles. The molecular weight excluding hydrogens is 231 g/mol. The van der Waals surface area contributed by atoms with E-state index in [1.807, 2.05) is 13.0 Å². The first-order chi connectivity index (χ1) is 7.00. The van der Waals surface area contributed by atoms with Crippen LogP contribution in [-0.4, -0.2) is 6.04 Å². The minimum atomic E-state index is -0.0687. The Morgan fingerprint density at radius 1 is 1.20 bits per heavy atom. The third-order valence-electron chi connectivity index (χ3n) is 2.29. The van der Waals surface area contributed by atoms with E-state index >= 15 is 0 Å². The van der Waals surface area contributed by atoms with Crippen LogP contribution in [0.3, 0.4) is 0 Å². The third-order valence-corrected chi connectivity index (χ3v) is 2.86. The molecule has 0 radical (unpaired) electrons. The second-order valence-corrected chi connectivity index (χ2v) is 4.67. The van der Waals surface area contributed by atoms with Crippen molar-refractivity contribution in [3.8, 4) is 0 Å². The van der Waals surface area contributed by atoms with Crippen molar-refractivity contribution in [2.45, 2.75) is 31.8 Å². The molecule has 1 aromatic rings. The van der Waals surface area contributed by atoms with Crippen molar-refractivity contribution in [2.24, 2.45) is 11.5 Å². The van der Waals surface area contributed by atoms with Gasteiger partial charge in [-0.25, -0.2) is 0 Å². The molecule has 0 aliphatic carbocycles. The predicted octanol–water partition coefficient (Wildman–Crippen LogP) is 3.12. The highest BCUT2D eigenvalue weighted by Gasteiger charge is 2.11. The van der Waals surface area contributed by atoms with Crippen LogP contribution < -0.4 is 11.5 Å². The van der Waals surface area contributed by atoms with Gasteiger partial charge in [0.05, 0.1) is 0 Å². The predicted molar refractivity (Wildman–Crippen MR) is 66.3 cm³/mol. The Balaban J connectivity index is 2.69. The van der Waals surface area contributed by atoms with Crippen molar-refractivity contribution in [3.63, 3.8) is 0 Å². The lowest BCUT2D eigenvalue weighted by Crippen LogP contribution is -2.19. The molecule has 0 aliphatic rings. The molecule has 0 spiro atoms. The summed E-state index contributed by atoms with van der Waals surface area (Å²) in [5, 5.41) is 1.25. The number of nitrogens with two attached hydrogens (primary N) is 2. The zero-order valence-corrected chi connectivity index (χ0v) is 10.2. The number of halogens is 2. The second kappa shape index (κ2) is 5.71. The number of hydrogen-bond donors (Lipinski definition) is 2. The fourth-order valence-corrected chi connectivity index (χ4v) is 1.95. The van der Waals surface area contributed by atoms with Crippen LogP contribution in [0.2, 0.25) is 10.0 Å². The van der Waals surface area contributed by atoms with Gasteiger partial charge in [-0.05, 0) is 37.5 Å². The zero-order valence-electron chi connectivity index (χ0n) is 8.71. The topological polar surface area (TPSA) is 52.0 Å². The monoisotopic (exact) mass is 246 g/mol. The Labute approximate surface area is 101 Å². The van der Waals surface area contributed by atoms with E-state index in [1.165, 1.54) is 0 Å². The van der Waals surface area contributed by atoms with E-state index in [0.29, 0.717) is 10.0 Å². The van der Waals surface area contributed by atoms with Gasteiger partial charge in [0, 0.05) is 22.1 Å². The Morgan fingerprint density at radius 2 is 1.87 bits per heavy atom. The summed E-state index contributed by atoms with van der Waals surface area (Å²) < 4.78 is 0. The fraction of sp³-hybridized carbons (Fsp3) is 0.455. The van der Waals surface area contributed by atoms with E-state index in [2.05, 4.69) is 0 Å². The minimum Gasteiger partial charge on any atom is -0.328 e. The molecule has 2 unspecified atom stereocenters. The highest BCUT2D eigenvalue weighted by molar-refractivity contribution is 6.35. The van der Waals surface area contributed by atoms with Crippen LogP contribution in [-0.2, 0) is 0 Å². The first-order valence-corrected chi connectivity index (χ1v) is 5.72. The summed E-state index contributed by atoms with van der Waals surface area (Å²) in [6.07, 6.45) is 1.72. The van der Waals surface area contributed by atoms with Crippen molar-refractivity contribution < 1.29 is 0 Å². The van der Waals surface area contributed by atoms with Gasteiger partial charge in [-0.1, -0.05) is 29.3 Å². The minimum absolute atomic E-state index is 0.0687. The maximum atomic E-state index is 6.04. The summed E-state index contributed by atoms with van der Waals surface area (Å²) in [5.74, 6) is 0. The highest BCUT2D eigenvalue weighted by atomic mass is 35.5. The molecule has 2 atom stereocenters. The molecule has 0 fully saturated rings. The van der Waals surface area contributed by atoms with E-state index in [1.54, 1.807) is 12.1 Å². The summed E-state index contributed by atoms with van der Waals surface area (Å²) in [4.78, 5) is 0. The van der Waals surface area contributed by atoms with Gasteiger partial charge < -0.3 is 11.5 Å². The van der Waals surface area contributed by atoms with Crippen LogP contribution in [0.15, 0.2) is 18.2 Å². The van der Waals surface area contributed by atoms with Gasteiger partial charge in [-0.2, -0.15) is 0 Å². The fourth-order valence-electron chi connectivity index (χ4n) is 1.40. The zero-order chi connectivity index (χ0) is 11.4. The second-order valence-electron chi connectivity index (χ2n) is 3.83. The van der Waals surface area contributed by atoms with Gasteiger partial charge in [-0.15, -0.1) is 0 Å². The molecule has 0 bridgehead atoms. The molecule has 0 saturated heterocycles. The van der Waals surface area contributed by atoms with E-state index in [4.69, 9.17) is 34.7 Å². The Kier molecular flexibility index (Phi) is 4.87. The first kappa shape index (κ1) is 12.8. The van der Waals surface area contributed by atoms with Crippen LogP contribution >= 0.6 is 23.2 Å². The summed E-state index contributed by atoms with van der Waals surface area (Å²) in [6, 6.07) is 5.48. The van der Waals surface area contributed by atoms with E-state index in [9.17, 15) is 0 Å².